The molecule has 0 saturated heterocycles. The Kier molecular flexibility index (Phi) is 8.04. The van der Waals surface area contributed by atoms with Crippen LogP contribution in [0.25, 0.3) is 22.6 Å². The van der Waals surface area contributed by atoms with Crippen molar-refractivity contribution in [3.63, 3.8) is 0 Å². The van der Waals surface area contributed by atoms with Gasteiger partial charge in [-0.3, -0.25) is 13.9 Å². The minimum absolute atomic E-state index is 0.0305. The number of nitrogens with zero attached hydrogens (tertiary/aromatic N) is 5. The molecule has 0 radical (unpaired) electrons. The summed E-state index contributed by atoms with van der Waals surface area (Å²) >= 11 is -0.201. The Labute approximate surface area is 231 Å². The zero-order valence-corrected chi connectivity index (χ0v) is 22.5. The highest BCUT2D eigenvalue weighted by atomic mass is 32.2. The lowest BCUT2D eigenvalue weighted by atomic mass is 9.96. The fraction of sp³-hybridized carbons (Fsp3) is 0.407. The fourth-order valence-electron chi connectivity index (χ4n) is 4.60. The summed E-state index contributed by atoms with van der Waals surface area (Å²) in [4.78, 5) is 36.0. The molecule has 0 atom stereocenters. The number of hydrogen-bond donors (Lipinski definition) is 1. The lowest BCUT2D eigenvalue weighted by Gasteiger charge is -2.25. The molecule has 1 aromatic carbocycles. The Morgan fingerprint density at radius 1 is 1.07 bits per heavy atom. The van der Waals surface area contributed by atoms with Crippen LogP contribution in [-0.2, 0) is 19.6 Å². The molecule has 0 amide bonds. The third-order valence-electron chi connectivity index (χ3n) is 6.80. The van der Waals surface area contributed by atoms with Gasteiger partial charge in [-0.05, 0) is 68.1 Å². The lowest BCUT2D eigenvalue weighted by Crippen LogP contribution is -2.40. The maximum Gasteiger partial charge on any atom is 0.446 e. The zero-order valence-electron chi connectivity index (χ0n) is 21.7. The predicted molar refractivity (Wildman–Crippen MR) is 145 cm³/mol. The molecule has 0 bridgehead atoms. The molecule has 1 fully saturated rings. The highest BCUT2D eigenvalue weighted by Crippen LogP contribution is 2.37. The summed E-state index contributed by atoms with van der Waals surface area (Å²) in [5.74, 6) is 0.857. The molecular formula is C27H28F3N5O4S. The first-order valence-corrected chi connectivity index (χ1v) is 13.8. The number of hydrogen-bond acceptors (Lipinski definition) is 7. The normalized spacial score (nSPS) is 14.0. The van der Waals surface area contributed by atoms with Gasteiger partial charge in [0.2, 0.25) is 5.88 Å². The van der Waals surface area contributed by atoms with E-state index < -0.39 is 16.8 Å². The van der Waals surface area contributed by atoms with Crippen LogP contribution in [0.5, 0.6) is 5.88 Å². The number of pyridine rings is 1. The van der Waals surface area contributed by atoms with E-state index in [0.29, 0.717) is 22.8 Å². The Morgan fingerprint density at radius 3 is 2.40 bits per heavy atom. The van der Waals surface area contributed by atoms with Crippen LogP contribution in [0.4, 0.5) is 13.2 Å². The molecule has 3 heterocycles. The Bertz CT molecular complexity index is 1610. The van der Waals surface area contributed by atoms with Gasteiger partial charge in [-0.15, -0.1) is 0 Å². The monoisotopic (exact) mass is 575 g/mol. The quantitative estimate of drug-likeness (QED) is 0.279. The van der Waals surface area contributed by atoms with Gasteiger partial charge in [0.25, 0.3) is 5.56 Å². The average Bonchev–Trinajstić information content (AvgIpc) is 3.26. The van der Waals surface area contributed by atoms with Gasteiger partial charge >= 0.3 is 11.2 Å². The van der Waals surface area contributed by atoms with E-state index in [4.69, 9.17) is 9.72 Å². The molecule has 0 spiro atoms. The molecule has 1 N–H and O–H groups in total. The summed E-state index contributed by atoms with van der Waals surface area (Å²) in [7, 11) is 0. The van der Waals surface area contributed by atoms with Gasteiger partial charge in [-0.25, -0.2) is 14.8 Å². The van der Waals surface area contributed by atoms with Crippen LogP contribution in [0.2, 0.25) is 0 Å². The van der Waals surface area contributed by atoms with E-state index in [1.807, 2.05) is 0 Å². The molecule has 1 aliphatic rings. The third-order valence-corrected chi connectivity index (χ3v) is 7.54. The molecule has 0 unspecified atom stereocenters. The molecule has 212 valence electrons. The van der Waals surface area contributed by atoms with Crippen molar-refractivity contribution in [2.24, 2.45) is 0 Å². The topological polar surface area (TPSA) is 104 Å². The predicted octanol–water partition coefficient (Wildman–Crippen LogP) is 4.42. The lowest BCUT2D eigenvalue weighted by molar-refractivity contribution is -0.0328. The molecule has 9 nitrogen and oxygen atoms in total. The minimum Gasteiger partial charge on any atom is -0.474 e. The summed E-state index contributed by atoms with van der Waals surface area (Å²) in [5.41, 5.74) is -3.89. The van der Waals surface area contributed by atoms with Gasteiger partial charge in [-0.1, -0.05) is 12.1 Å². The number of rotatable bonds is 10. The maximum absolute atomic E-state index is 13.6. The summed E-state index contributed by atoms with van der Waals surface area (Å²) in [6, 6.07) is 9.40. The van der Waals surface area contributed by atoms with Crippen LogP contribution in [0.15, 0.2) is 57.1 Å². The van der Waals surface area contributed by atoms with E-state index in [9.17, 15) is 27.9 Å². The number of thioether (sulfide) groups is 1. The number of fused-ring (bicyclic) bond motifs is 1. The van der Waals surface area contributed by atoms with Gasteiger partial charge in [-0.2, -0.15) is 13.2 Å². The summed E-state index contributed by atoms with van der Waals surface area (Å²) in [5, 5.41) is 9.31. The van der Waals surface area contributed by atoms with Crippen molar-refractivity contribution in [2.75, 3.05) is 6.61 Å². The number of alkyl halides is 3. The molecule has 3 aromatic heterocycles. The Morgan fingerprint density at radius 2 is 1.82 bits per heavy atom. The van der Waals surface area contributed by atoms with E-state index in [-0.39, 0.29) is 66.6 Å². The molecule has 1 aliphatic carbocycles. The van der Waals surface area contributed by atoms with Gasteiger partial charge in [0.1, 0.15) is 11.9 Å². The Balaban J connectivity index is 1.63. The first-order valence-electron chi connectivity index (χ1n) is 13.0. The van der Waals surface area contributed by atoms with Crippen molar-refractivity contribution in [3.8, 4) is 17.3 Å². The van der Waals surface area contributed by atoms with Gasteiger partial charge in [0.05, 0.1) is 0 Å². The summed E-state index contributed by atoms with van der Waals surface area (Å²) in [6.45, 7) is 1.97. The number of aliphatic hydroxyl groups excluding tert-OH is 1. The van der Waals surface area contributed by atoms with Crippen molar-refractivity contribution in [1.29, 1.82) is 0 Å². The van der Waals surface area contributed by atoms with Gasteiger partial charge in [0.15, 0.2) is 11.2 Å². The number of ether oxygens (including phenoxy) is 1. The van der Waals surface area contributed by atoms with Crippen LogP contribution in [-0.4, -0.2) is 47.0 Å². The van der Waals surface area contributed by atoms with E-state index >= 15 is 0 Å². The first kappa shape index (κ1) is 28.0. The van der Waals surface area contributed by atoms with E-state index in [1.165, 1.54) is 16.7 Å². The van der Waals surface area contributed by atoms with Crippen molar-refractivity contribution in [1.82, 2.24) is 23.7 Å². The molecule has 13 heteroatoms. The fourth-order valence-corrected chi connectivity index (χ4v) is 5.14. The molecular weight excluding hydrogens is 547 g/mol. The van der Waals surface area contributed by atoms with Crippen molar-refractivity contribution >= 4 is 22.9 Å². The highest BCUT2D eigenvalue weighted by Gasteiger charge is 2.29. The number of halogens is 3. The average molecular weight is 576 g/mol. The number of aryl methyl sites for hydroxylation is 1. The Hall–Kier alpha value is -3.58. The first-order chi connectivity index (χ1) is 19.2. The number of benzene rings is 1. The van der Waals surface area contributed by atoms with E-state index in [1.54, 1.807) is 42.0 Å². The van der Waals surface area contributed by atoms with Crippen molar-refractivity contribution in [3.05, 3.63) is 69.0 Å². The third kappa shape index (κ3) is 5.80. The van der Waals surface area contributed by atoms with Crippen LogP contribution < -0.4 is 16.0 Å². The minimum atomic E-state index is -4.40. The standard InChI is InChI=1S/C27H28F3N5O4S/c1-2-33-24-22(25(37)34(26(33)38)13-4-14-36)35(16-17-7-10-20(11-8-17)40-27(28,29)30)23(32-24)18-9-12-21(31-15-18)39-19-5-3-6-19/h7-12,15,19,36H,2-6,13-14,16H2,1H3. The van der Waals surface area contributed by atoms with Crippen molar-refractivity contribution in [2.45, 2.75) is 68.7 Å². The van der Waals surface area contributed by atoms with Gasteiger partial charge in [0, 0.05) is 49.0 Å². The molecule has 5 rings (SSSR count). The summed E-state index contributed by atoms with van der Waals surface area (Å²) in [6.07, 6.45) is 5.05. The van der Waals surface area contributed by atoms with Crippen molar-refractivity contribution < 1.29 is 23.0 Å². The molecule has 1 saturated carbocycles. The van der Waals surface area contributed by atoms with Crippen LogP contribution in [0.1, 0.15) is 38.2 Å². The number of aliphatic hydroxyl groups is 1. The molecule has 40 heavy (non-hydrogen) atoms. The maximum atomic E-state index is 13.6. The SMILES string of the molecule is CCn1c(=O)n(CCCO)c(=O)c2c1nc(-c1ccc(OC3CCC3)nc1)n2Cc1ccc(SC(F)(F)F)cc1. The number of imidazole rings is 1. The molecule has 4 aromatic rings. The highest BCUT2D eigenvalue weighted by molar-refractivity contribution is 8.00. The second-order valence-electron chi connectivity index (χ2n) is 9.50. The van der Waals surface area contributed by atoms with Gasteiger partial charge < -0.3 is 14.4 Å². The second-order valence-corrected chi connectivity index (χ2v) is 10.6. The molecule has 0 aliphatic heterocycles. The van der Waals surface area contributed by atoms with Crippen LogP contribution >= 0.6 is 11.8 Å². The zero-order chi connectivity index (χ0) is 28.4. The van der Waals surface area contributed by atoms with Crippen LogP contribution in [0, 0.1) is 0 Å². The largest absolute Gasteiger partial charge is 0.474 e. The summed E-state index contributed by atoms with van der Waals surface area (Å²) < 4.78 is 48.4. The van der Waals surface area contributed by atoms with Crippen LogP contribution in [0.3, 0.4) is 0 Å². The number of aromatic nitrogens is 5. The smallest absolute Gasteiger partial charge is 0.446 e. The second kappa shape index (κ2) is 11.5. The van der Waals surface area contributed by atoms with E-state index in [0.717, 1.165) is 23.8 Å². The van der Waals surface area contributed by atoms with E-state index in [2.05, 4.69) is 4.98 Å².